The van der Waals surface area contributed by atoms with Crippen molar-refractivity contribution in [3.05, 3.63) is 28.2 Å². The Morgan fingerprint density at radius 2 is 2.14 bits per heavy atom. The Balaban J connectivity index is 1.79. The summed E-state index contributed by atoms with van der Waals surface area (Å²) >= 11 is 6.49. The number of benzene rings is 1. The predicted octanol–water partition coefficient (Wildman–Crippen LogP) is 2.82. The molecule has 2 amide bonds. The number of nitrogens with two attached hydrogens (primary N) is 1. The molecule has 0 spiro atoms. The Labute approximate surface area is 173 Å². The van der Waals surface area contributed by atoms with Gasteiger partial charge in [0.15, 0.2) is 0 Å². The van der Waals surface area contributed by atoms with E-state index in [9.17, 15) is 9.59 Å². The van der Waals surface area contributed by atoms with E-state index >= 15 is 4.39 Å². The lowest BCUT2D eigenvalue weighted by molar-refractivity contribution is -0.129. The Bertz CT molecular complexity index is 1080. The number of primary amides is 1. The number of nitrogens with one attached hydrogen (secondary N) is 1. The molecule has 2 aromatic rings. The van der Waals surface area contributed by atoms with Crippen LogP contribution in [0.3, 0.4) is 0 Å². The van der Waals surface area contributed by atoms with Crippen molar-refractivity contribution in [1.82, 2.24) is 9.88 Å². The fourth-order valence-electron chi connectivity index (χ4n) is 4.71. The van der Waals surface area contributed by atoms with E-state index in [4.69, 9.17) is 17.3 Å². The van der Waals surface area contributed by atoms with E-state index in [-0.39, 0.29) is 23.4 Å². The summed E-state index contributed by atoms with van der Waals surface area (Å²) in [7, 11) is 0. The fourth-order valence-corrected chi connectivity index (χ4v) is 4.94. The van der Waals surface area contributed by atoms with E-state index in [1.54, 1.807) is 13.8 Å². The number of carbonyl (C=O) groups excluding carboxylic acids is 2. The molecule has 0 aliphatic carbocycles. The minimum atomic E-state index is -0.719. The molecule has 3 heterocycles. The van der Waals surface area contributed by atoms with Crippen molar-refractivity contribution in [1.29, 1.82) is 0 Å². The average molecular weight is 417 g/mol. The number of nitrogens with zero attached hydrogens (tertiary/aromatic N) is 2. The first-order valence-electron chi connectivity index (χ1n) is 9.61. The third-order valence-electron chi connectivity index (χ3n) is 5.97. The number of likely N-dealkylation sites (tertiary alicyclic amines) is 1. The summed E-state index contributed by atoms with van der Waals surface area (Å²) < 4.78 is 15.2. The lowest BCUT2D eigenvalue weighted by Crippen LogP contribution is -2.48. The SMILES string of the molecule is CC#CC(=O)N1CCCC2CN(c3c(F)cc(C(N)=O)c4[nH]c(C)c(Cl)c34)CC21. The van der Waals surface area contributed by atoms with Crippen molar-refractivity contribution in [2.45, 2.75) is 32.7 Å². The Hall–Kier alpha value is -2.72. The third-order valence-corrected chi connectivity index (χ3v) is 6.44. The maximum Gasteiger partial charge on any atom is 0.298 e. The number of aromatic nitrogens is 1. The van der Waals surface area contributed by atoms with Gasteiger partial charge in [-0.3, -0.25) is 9.59 Å². The smallest absolute Gasteiger partial charge is 0.298 e. The molecule has 29 heavy (non-hydrogen) atoms. The molecular formula is C21H22ClFN4O2. The molecule has 152 valence electrons. The van der Waals surface area contributed by atoms with Gasteiger partial charge in [0.05, 0.1) is 27.8 Å². The lowest BCUT2D eigenvalue weighted by Gasteiger charge is -2.35. The zero-order valence-electron chi connectivity index (χ0n) is 16.3. The van der Waals surface area contributed by atoms with Crippen molar-refractivity contribution < 1.29 is 14.0 Å². The zero-order chi connectivity index (χ0) is 20.9. The standard InChI is InChI=1S/C21H22ClFN4O2/c1-3-5-16(28)27-7-4-6-12-9-26(10-15(12)27)20-14(23)8-13(21(24)29)19-17(20)18(22)11(2)25-19/h8,12,15,25H,4,6-7,9-10H2,1-2H3,(H2,24,29). The largest absolute Gasteiger partial charge is 0.366 e. The molecule has 2 aliphatic rings. The summed E-state index contributed by atoms with van der Waals surface area (Å²) in [6.45, 7) is 5.16. The van der Waals surface area contributed by atoms with Gasteiger partial charge in [0, 0.05) is 30.7 Å². The number of aryl methyl sites for hydroxylation is 1. The second kappa shape index (κ2) is 7.27. The normalized spacial score (nSPS) is 21.1. The van der Waals surface area contributed by atoms with Crippen LogP contribution in [0.1, 0.15) is 35.8 Å². The monoisotopic (exact) mass is 416 g/mol. The highest BCUT2D eigenvalue weighted by Crippen LogP contribution is 2.42. The molecule has 6 nitrogen and oxygen atoms in total. The molecule has 2 aliphatic heterocycles. The van der Waals surface area contributed by atoms with E-state index in [1.165, 1.54) is 6.07 Å². The Morgan fingerprint density at radius 3 is 2.83 bits per heavy atom. The summed E-state index contributed by atoms with van der Waals surface area (Å²) in [5.74, 6) is 4.07. The summed E-state index contributed by atoms with van der Waals surface area (Å²) in [5.41, 5.74) is 6.95. The zero-order valence-corrected chi connectivity index (χ0v) is 17.1. The molecule has 2 saturated heterocycles. The van der Waals surface area contributed by atoms with Crippen LogP contribution in [0.5, 0.6) is 0 Å². The highest BCUT2D eigenvalue weighted by Gasteiger charge is 2.42. The van der Waals surface area contributed by atoms with Gasteiger partial charge in [0.2, 0.25) is 0 Å². The van der Waals surface area contributed by atoms with Crippen molar-refractivity contribution in [3.63, 3.8) is 0 Å². The maximum absolute atomic E-state index is 15.2. The van der Waals surface area contributed by atoms with Crippen LogP contribution in [-0.2, 0) is 4.79 Å². The van der Waals surface area contributed by atoms with E-state index in [0.717, 1.165) is 12.8 Å². The number of fused-ring (bicyclic) bond motifs is 2. The van der Waals surface area contributed by atoms with E-state index in [0.29, 0.717) is 46.9 Å². The predicted molar refractivity (Wildman–Crippen MR) is 110 cm³/mol. The van der Waals surface area contributed by atoms with Crippen molar-refractivity contribution in [2.24, 2.45) is 11.7 Å². The molecule has 0 bridgehead atoms. The summed E-state index contributed by atoms with van der Waals surface area (Å²) in [5, 5.41) is 0.833. The van der Waals surface area contributed by atoms with Crippen molar-refractivity contribution in [3.8, 4) is 11.8 Å². The van der Waals surface area contributed by atoms with Gasteiger partial charge >= 0.3 is 0 Å². The molecule has 1 aromatic heterocycles. The first kappa shape index (κ1) is 19.6. The van der Waals surface area contributed by atoms with Crippen molar-refractivity contribution >= 4 is 40.0 Å². The van der Waals surface area contributed by atoms with Crippen LogP contribution in [0.15, 0.2) is 6.07 Å². The first-order chi connectivity index (χ1) is 13.8. The van der Waals surface area contributed by atoms with Gasteiger partial charge in [-0.1, -0.05) is 17.5 Å². The number of aromatic amines is 1. The number of halogens is 2. The highest BCUT2D eigenvalue weighted by molar-refractivity contribution is 6.38. The second-order valence-electron chi connectivity index (χ2n) is 7.68. The average Bonchev–Trinajstić information content (AvgIpc) is 3.23. The van der Waals surface area contributed by atoms with Gasteiger partial charge in [-0.25, -0.2) is 4.39 Å². The molecule has 0 saturated carbocycles. The molecule has 3 N–H and O–H groups in total. The van der Waals surface area contributed by atoms with E-state index in [1.807, 2.05) is 9.80 Å². The molecule has 1 aromatic carbocycles. The van der Waals surface area contributed by atoms with Crippen LogP contribution < -0.4 is 10.6 Å². The topological polar surface area (TPSA) is 82.4 Å². The van der Waals surface area contributed by atoms with Gasteiger partial charge in [-0.15, -0.1) is 0 Å². The minimum Gasteiger partial charge on any atom is -0.366 e. The van der Waals surface area contributed by atoms with Crippen molar-refractivity contribution in [2.75, 3.05) is 24.5 Å². The van der Waals surface area contributed by atoms with Crippen LogP contribution in [-0.4, -0.2) is 47.4 Å². The molecule has 2 unspecified atom stereocenters. The maximum atomic E-state index is 15.2. The van der Waals surface area contributed by atoms with E-state index in [2.05, 4.69) is 16.8 Å². The second-order valence-corrected chi connectivity index (χ2v) is 8.06. The summed E-state index contributed by atoms with van der Waals surface area (Å²) in [4.78, 5) is 31.1. The van der Waals surface area contributed by atoms with E-state index < -0.39 is 11.7 Å². The van der Waals surface area contributed by atoms with Gasteiger partial charge in [0.25, 0.3) is 11.8 Å². The fraction of sp³-hybridized carbons (Fsp3) is 0.429. The molecule has 4 rings (SSSR count). The lowest BCUT2D eigenvalue weighted by atomic mass is 9.92. The Morgan fingerprint density at radius 1 is 1.38 bits per heavy atom. The number of hydrogen-bond donors (Lipinski definition) is 2. The van der Waals surface area contributed by atoms with Gasteiger partial charge in [-0.2, -0.15) is 0 Å². The molecule has 0 radical (unpaired) electrons. The quantitative estimate of drug-likeness (QED) is 0.738. The number of carbonyl (C=O) groups is 2. The minimum absolute atomic E-state index is 0.0267. The molecule has 8 heteroatoms. The molecule has 2 atom stereocenters. The molecular weight excluding hydrogens is 395 g/mol. The highest BCUT2D eigenvalue weighted by atomic mass is 35.5. The van der Waals surface area contributed by atoms with Crippen LogP contribution in [0.25, 0.3) is 10.9 Å². The number of H-pyrrole nitrogens is 1. The van der Waals surface area contributed by atoms with Crippen LogP contribution in [0.2, 0.25) is 5.02 Å². The number of anilines is 1. The summed E-state index contributed by atoms with van der Waals surface area (Å²) in [6, 6.07) is 1.14. The number of rotatable bonds is 2. The Kier molecular flexibility index (Phi) is 4.91. The third kappa shape index (κ3) is 3.12. The number of piperidine rings is 1. The van der Waals surface area contributed by atoms with Gasteiger partial charge < -0.3 is 20.5 Å². The summed E-state index contributed by atoms with van der Waals surface area (Å²) in [6.07, 6.45) is 1.86. The van der Waals surface area contributed by atoms with Gasteiger partial charge in [0.1, 0.15) is 5.82 Å². The first-order valence-corrected chi connectivity index (χ1v) is 9.99. The molecule has 2 fully saturated rings. The van der Waals surface area contributed by atoms with Gasteiger partial charge in [-0.05, 0) is 44.6 Å². The van der Waals surface area contributed by atoms with Crippen LogP contribution in [0.4, 0.5) is 10.1 Å². The number of hydrogen-bond acceptors (Lipinski definition) is 3. The van der Waals surface area contributed by atoms with Crippen LogP contribution in [0, 0.1) is 30.5 Å². The number of amides is 2. The van der Waals surface area contributed by atoms with Crippen LogP contribution >= 0.6 is 11.6 Å².